The summed E-state index contributed by atoms with van der Waals surface area (Å²) in [5.74, 6) is 1.21. The molecular formula is C23H24N4O2S. The monoisotopic (exact) mass is 420 g/mol. The third-order valence-electron chi connectivity index (χ3n) is 5.03. The number of amides is 1. The number of aryl methyl sites for hydroxylation is 1. The molecule has 6 nitrogen and oxygen atoms in total. The molecule has 154 valence electrons. The van der Waals surface area contributed by atoms with Gasteiger partial charge < -0.3 is 4.74 Å². The molecule has 3 aromatic rings. The molecule has 0 saturated carbocycles. The summed E-state index contributed by atoms with van der Waals surface area (Å²) in [5.41, 5.74) is 4.01. The maximum atomic E-state index is 12.8. The zero-order valence-electron chi connectivity index (χ0n) is 17.3. The van der Waals surface area contributed by atoms with Gasteiger partial charge in [-0.15, -0.1) is 10.2 Å². The summed E-state index contributed by atoms with van der Waals surface area (Å²) in [5, 5.41) is 9.34. The molecule has 0 radical (unpaired) electrons. The van der Waals surface area contributed by atoms with Crippen LogP contribution in [0.1, 0.15) is 44.0 Å². The second-order valence-electron chi connectivity index (χ2n) is 7.18. The van der Waals surface area contributed by atoms with Crippen molar-refractivity contribution in [3.8, 4) is 17.1 Å². The number of unbranched alkanes of at least 4 members (excludes halogenated alkanes) is 1. The van der Waals surface area contributed by atoms with Crippen LogP contribution >= 0.6 is 11.8 Å². The quantitative estimate of drug-likeness (QED) is 0.418. The minimum Gasteiger partial charge on any atom is -0.447 e. The number of hydrogen-bond acceptors (Lipinski definition) is 6. The van der Waals surface area contributed by atoms with E-state index in [9.17, 15) is 4.79 Å². The Morgan fingerprint density at radius 3 is 2.67 bits per heavy atom. The van der Waals surface area contributed by atoms with E-state index in [0.717, 1.165) is 41.0 Å². The minimum atomic E-state index is -0.642. The second kappa shape index (κ2) is 8.83. The van der Waals surface area contributed by atoms with E-state index in [2.05, 4.69) is 22.1 Å². The van der Waals surface area contributed by atoms with Gasteiger partial charge in [-0.1, -0.05) is 67.6 Å². The zero-order valence-corrected chi connectivity index (χ0v) is 18.1. The molecule has 0 N–H and O–H groups in total. The van der Waals surface area contributed by atoms with Crippen molar-refractivity contribution >= 4 is 23.4 Å². The van der Waals surface area contributed by atoms with Crippen LogP contribution in [-0.4, -0.2) is 26.8 Å². The van der Waals surface area contributed by atoms with Crippen molar-refractivity contribution in [2.75, 3.05) is 10.7 Å². The van der Waals surface area contributed by atoms with Crippen molar-refractivity contribution in [1.29, 1.82) is 0 Å². The highest BCUT2D eigenvalue weighted by atomic mass is 32.2. The van der Waals surface area contributed by atoms with Gasteiger partial charge in [0, 0.05) is 23.8 Å². The number of hydrogen-bond donors (Lipinski definition) is 0. The summed E-state index contributed by atoms with van der Waals surface area (Å²) >= 11 is 1.57. The molecule has 1 aliphatic heterocycles. The third-order valence-corrected chi connectivity index (χ3v) is 5.96. The van der Waals surface area contributed by atoms with Crippen molar-refractivity contribution in [1.82, 2.24) is 15.2 Å². The highest BCUT2D eigenvalue weighted by molar-refractivity contribution is 7.99. The van der Waals surface area contributed by atoms with E-state index in [4.69, 9.17) is 4.74 Å². The number of carbonyl (C=O) groups excluding carboxylic acids is 1. The average molecular weight is 421 g/mol. The number of rotatable bonds is 5. The fourth-order valence-electron chi connectivity index (χ4n) is 3.49. The average Bonchev–Trinajstić information content (AvgIpc) is 2.88. The Labute approximate surface area is 180 Å². The van der Waals surface area contributed by atoms with Crippen molar-refractivity contribution in [2.45, 2.75) is 45.0 Å². The molecule has 0 spiro atoms. The van der Waals surface area contributed by atoms with Crippen LogP contribution in [0.3, 0.4) is 0 Å². The molecule has 1 atom stereocenters. The van der Waals surface area contributed by atoms with Gasteiger partial charge in [-0.05, 0) is 25.0 Å². The third kappa shape index (κ3) is 3.89. The first-order valence-electron chi connectivity index (χ1n) is 10.1. The Bertz CT molecular complexity index is 1070. The number of carbonyl (C=O) groups is 1. The lowest BCUT2D eigenvalue weighted by atomic mass is 10.0. The first-order chi connectivity index (χ1) is 14.6. The molecular weight excluding hydrogens is 396 g/mol. The Balaban J connectivity index is 1.87. The van der Waals surface area contributed by atoms with Crippen LogP contribution in [0.2, 0.25) is 0 Å². The van der Waals surface area contributed by atoms with E-state index in [-0.39, 0.29) is 5.91 Å². The Hall–Kier alpha value is -2.93. The maximum Gasteiger partial charge on any atom is 0.247 e. The SMILES string of the molecule is CCCCSc1nnc2c(n1)O[C@@H](c1ccccc1C)N(C(C)=O)c1ccccc1-2. The lowest BCUT2D eigenvalue weighted by molar-refractivity contribution is -0.118. The highest BCUT2D eigenvalue weighted by Crippen LogP contribution is 2.43. The second-order valence-corrected chi connectivity index (χ2v) is 8.25. The first-order valence-corrected chi connectivity index (χ1v) is 11.1. The molecule has 1 amide bonds. The number of aromatic nitrogens is 3. The summed E-state index contributed by atoms with van der Waals surface area (Å²) in [7, 11) is 0. The number of thioether (sulfide) groups is 1. The van der Waals surface area contributed by atoms with E-state index in [1.165, 1.54) is 0 Å². The topological polar surface area (TPSA) is 68.2 Å². The normalized spacial score (nSPS) is 15.0. The lowest BCUT2D eigenvalue weighted by Gasteiger charge is -2.30. The van der Waals surface area contributed by atoms with Gasteiger partial charge in [-0.25, -0.2) is 0 Å². The van der Waals surface area contributed by atoms with Crippen LogP contribution in [0.15, 0.2) is 53.7 Å². The summed E-state index contributed by atoms with van der Waals surface area (Å²) in [6.07, 6.45) is 1.55. The Kier molecular flexibility index (Phi) is 5.99. The Morgan fingerprint density at radius 1 is 1.13 bits per heavy atom. The van der Waals surface area contributed by atoms with Crippen molar-refractivity contribution in [3.05, 3.63) is 59.7 Å². The summed E-state index contributed by atoms with van der Waals surface area (Å²) in [6, 6.07) is 15.6. The predicted molar refractivity (Wildman–Crippen MR) is 119 cm³/mol. The van der Waals surface area contributed by atoms with Gasteiger partial charge >= 0.3 is 0 Å². The van der Waals surface area contributed by atoms with Gasteiger partial charge in [-0.2, -0.15) is 4.98 Å². The van der Waals surface area contributed by atoms with Crippen LogP contribution in [-0.2, 0) is 4.79 Å². The van der Waals surface area contributed by atoms with Crippen LogP contribution in [0, 0.1) is 6.92 Å². The molecule has 0 aliphatic carbocycles. The number of para-hydroxylation sites is 1. The van der Waals surface area contributed by atoms with Gasteiger partial charge in [0.15, 0.2) is 5.69 Å². The lowest BCUT2D eigenvalue weighted by Crippen LogP contribution is -2.36. The smallest absolute Gasteiger partial charge is 0.247 e. The van der Waals surface area contributed by atoms with E-state index < -0.39 is 6.23 Å². The summed E-state index contributed by atoms with van der Waals surface area (Å²) in [6.45, 7) is 5.71. The van der Waals surface area contributed by atoms with Gasteiger partial charge in [-0.3, -0.25) is 9.69 Å². The summed E-state index contributed by atoms with van der Waals surface area (Å²) in [4.78, 5) is 19.1. The van der Waals surface area contributed by atoms with Crippen LogP contribution in [0.4, 0.5) is 5.69 Å². The van der Waals surface area contributed by atoms with Gasteiger partial charge in [0.2, 0.25) is 23.2 Å². The van der Waals surface area contributed by atoms with E-state index in [0.29, 0.717) is 16.7 Å². The number of anilines is 1. The van der Waals surface area contributed by atoms with Crippen LogP contribution in [0.5, 0.6) is 5.88 Å². The van der Waals surface area contributed by atoms with Crippen LogP contribution < -0.4 is 9.64 Å². The van der Waals surface area contributed by atoms with E-state index >= 15 is 0 Å². The molecule has 1 aromatic heterocycles. The summed E-state index contributed by atoms with van der Waals surface area (Å²) < 4.78 is 6.41. The molecule has 7 heteroatoms. The fourth-order valence-corrected chi connectivity index (χ4v) is 4.35. The molecule has 0 unspecified atom stereocenters. The van der Waals surface area contributed by atoms with Gasteiger partial charge in [0.1, 0.15) is 0 Å². The van der Waals surface area contributed by atoms with E-state index in [1.807, 2.05) is 55.5 Å². The molecule has 0 fully saturated rings. The largest absolute Gasteiger partial charge is 0.447 e. The highest BCUT2D eigenvalue weighted by Gasteiger charge is 2.35. The number of ether oxygens (including phenoxy) is 1. The van der Waals surface area contributed by atoms with Crippen molar-refractivity contribution in [3.63, 3.8) is 0 Å². The van der Waals surface area contributed by atoms with Gasteiger partial charge in [0.25, 0.3) is 0 Å². The molecule has 0 bridgehead atoms. The predicted octanol–water partition coefficient (Wildman–Crippen LogP) is 5.18. The zero-order chi connectivity index (χ0) is 21.1. The van der Waals surface area contributed by atoms with E-state index in [1.54, 1.807) is 23.6 Å². The molecule has 1 aliphatic rings. The Morgan fingerprint density at radius 2 is 1.90 bits per heavy atom. The standard InChI is InChI=1S/C23H24N4O2S/c1-4-5-14-30-23-24-21-20(25-26-23)18-12-8-9-13-19(18)27(16(3)28)22(29-21)17-11-7-6-10-15(17)2/h6-13,22H,4-5,14H2,1-3H3/t22-/m0/s1. The number of benzene rings is 2. The molecule has 2 heterocycles. The maximum absolute atomic E-state index is 12.8. The number of nitrogens with zero attached hydrogens (tertiary/aromatic N) is 4. The van der Waals surface area contributed by atoms with Crippen LogP contribution in [0.25, 0.3) is 11.3 Å². The fraction of sp³-hybridized carbons (Fsp3) is 0.304. The van der Waals surface area contributed by atoms with Gasteiger partial charge in [0.05, 0.1) is 5.69 Å². The molecule has 30 heavy (non-hydrogen) atoms. The first kappa shape index (κ1) is 20.3. The minimum absolute atomic E-state index is 0.117. The number of fused-ring (bicyclic) bond motifs is 3. The molecule has 0 saturated heterocycles. The van der Waals surface area contributed by atoms with Crippen molar-refractivity contribution < 1.29 is 9.53 Å². The van der Waals surface area contributed by atoms with Crippen molar-refractivity contribution in [2.24, 2.45) is 0 Å². The molecule has 4 rings (SSSR count). The molecule has 2 aromatic carbocycles.